The van der Waals surface area contributed by atoms with Gasteiger partial charge in [0.25, 0.3) is 0 Å². The number of hydrogen-bond donors (Lipinski definition) is 2. The molecule has 1 aliphatic rings. The van der Waals surface area contributed by atoms with Crippen LogP contribution < -0.4 is 5.32 Å². The highest BCUT2D eigenvalue weighted by Gasteiger charge is 2.18. The third kappa shape index (κ3) is 3.59. The molecule has 0 unspecified atom stereocenters. The predicted octanol–water partition coefficient (Wildman–Crippen LogP) is 2.18. The molecule has 1 aromatic rings. The van der Waals surface area contributed by atoms with Crippen LogP contribution in [0.5, 0.6) is 0 Å². The van der Waals surface area contributed by atoms with Gasteiger partial charge in [-0.2, -0.15) is 0 Å². The maximum absolute atomic E-state index is 9.38. The smallest absolute Gasteiger partial charge is 0.0541 e. The Morgan fingerprint density at radius 2 is 2.13 bits per heavy atom. The van der Waals surface area contributed by atoms with E-state index < -0.39 is 0 Å². The molecular formula is C12H19NOS. The molecule has 0 aromatic carbocycles. The second-order valence-electron chi connectivity index (χ2n) is 4.29. The van der Waals surface area contributed by atoms with Crippen LogP contribution in [0.3, 0.4) is 0 Å². The van der Waals surface area contributed by atoms with Gasteiger partial charge in [-0.15, -0.1) is 11.3 Å². The Kier molecular flexibility index (Phi) is 4.18. The Hall–Kier alpha value is -0.380. The summed E-state index contributed by atoms with van der Waals surface area (Å²) < 4.78 is 0. The van der Waals surface area contributed by atoms with E-state index >= 15 is 0 Å². The van der Waals surface area contributed by atoms with Crippen molar-refractivity contribution in [2.24, 2.45) is 0 Å². The highest BCUT2D eigenvalue weighted by atomic mass is 32.1. The number of thiophene rings is 1. The lowest BCUT2D eigenvalue weighted by Crippen LogP contribution is -2.35. The van der Waals surface area contributed by atoms with Crippen molar-refractivity contribution < 1.29 is 5.11 Å². The average molecular weight is 225 g/mol. The maximum Gasteiger partial charge on any atom is 0.0541 e. The fourth-order valence-electron chi connectivity index (χ4n) is 2.13. The Labute approximate surface area is 95.3 Å². The van der Waals surface area contributed by atoms with Crippen molar-refractivity contribution in [1.82, 2.24) is 5.32 Å². The van der Waals surface area contributed by atoms with E-state index in [-0.39, 0.29) is 6.10 Å². The van der Waals surface area contributed by atoms with Gasteiger partial charge in [-0.05, 0) is 43.6 Å². The first-order chi connectivity index (χ1) is 7.34. The first-order valence-corrected chi connectivity index (χ1v) is 6.66. The molecule has 3 heteroatoms. The second kappa shape index (κ2) is 5.64. The van der Waals surface area contributed by atoms with E-state index in [0.717, 1.165) is 38.6 Å². The maximum atomic E-state index is 9.38. The van der Waals surface area contributed by atoms with Gasteiger partial charge in [-0.1, -0.05) is 6.07 Å². The topological polar surface area (TPSA) is 32.3 Å². The quantitative estimate of drug-likeness (QED) is 0.823. The number of aliphatic hydroxyl groups is 1. The zero-order chi connectivity index (χ0) is 10.5. The molecule has 1 aliphatic carbocycles. The number of aliphatic hydroxyl groups excluding tert-OH is 1. The molecule has 1 heterocycles. The first kappa shape index (κ1) is 11.1. The highest BCUT2D eigenvalue weighted by Crippen LogP contribution is 2.18. The predicted molar refractivity (Wildman–Crippen MR) is 64.3 cm³/mol. The van der Waals surface area contributed by atoms with Gasteiger partial charge >= 0.3 is 0 Å². The summed E-state index contributed by atoms with van der Waals surface area (Å²) in [5.74, 6) is 0. The molecule has 0 spiro atoms. The molecule has 1 fully saturated rings. The van der Waals surface area contributed by atoms with Crippen LogP contribution in [0.4, 0.5) is 0 Å². The molecule has 2 nitrogen and oxygen atoms in total. The normalized spacial score (nSPS) is 26.7. The molecule has 0 radical (unpaired) electrons. The van der Waals surface area contributed by atoms with Crippen LogP contribution in [0.2, 0.25) is 0 Å². The lowest BCUT2D eigenvalue weighted by atomic mass is 9.93. The number of nitrogens with one attached hydrogen (secondary N) is 1. The van der Waals surface area contributed by atoms with Gasteiger partial charge in [0.15, 0.2) is 0 Å². The van der Waals surface area contributed by atoms with Crippen molar-refractivity contribution in [2.75, 3.05) is 6.54 Å². The molecule has 15 heavy (non-hydrogen) atoms. The highest BCUT2D eigenvalue weighted by molar-refractivity contribution is 7.09. The third-order valence-corrected chi connectivity index (χ3v) is 4.02. The summed E-state index contributed by atoms with van der Waals surface area (Å²) in [6.07, 6.45) is 5.29. The van der Waals surface area contributed by atoms with Crippen LogP contribution in [0.25, 0.3) is 0 Å². The third-order valence-electron chi connectivity index (χ3n) is 3.08. The van der Waals surface area contributed by atoms with E-state index in [1.54, 1.807) is 0 Å². The Balaban J connectivity index is 1.62. The van der Waals surface area contributed by atoms with Gasteiger partial charge < -0.3 is 10.4 Å². The van der Waals surface area contributed by atoms with Crippen molar-refractivity contribution in [1.29, 1.82) is 0 Å². The van der Waals surface area contributed by atoms with Crippen molar-refractivity contribution >= 4 is 11.3 Å². The summed E-state index contributed by atoms with van der Waals surface area (Å²) in [5.41, 5.74) is 0. The van der Waals surface area contributed by atoms with Gasteiger partial charge in [0.2, 0.25) is 0 Å². The molecule has 2 rings (SSSR count). The monoisotopic (exact) mass is 225 g/mol. The molecule has 0 amide bonds. The summed E-state index contributed by atoms with van der Waals surface area (Å²) >= 11 is 1.83. The minimum Gasteiger partial charge on any atom is -0.393 e. The van der Waals surface area contributed by atoms with E-state index in [9.17, 15) is 5.11 Å². The SMILES string of the molecule is OC1CCC(NCCc2cccs2)CC1. The molecule has 1 saturated carbocycles. The van der Waals surface area contributed by atoms with Gasteiger partial charge in [-0.25, -0.2) is 0 Å². The largest absolute Gasteiger partial charge is 0.393 e. The van der Waals surface area contributed by atoms with Crippen LogP contribution in [-0.4, -0.2) is 23.8 Å². The number of hydrogen-bond acceptors (Lipinski definition) is 3. The summed E-state index contributed by atoms with van der Waals surface area (Å²) in [6.45, 7) is 1.07. The molecule has 0 aliphatic heterocycles. The van der Waals surface area contributed by atoms with E-state index in [0.29, 0.717) is 6.04 Å². The number of rotatable bonds is 4. The zero-order valence-corrected chi connectivity index (χ0v) is 9.80. The fourth-order valence-corrected chi connectivity index (χ4v) is 2.84. The molecule has 0 saturated heterocycles. The van der Waals surface area contributed by atoms with E-state index in [1.807, 2.05) is 11.3 Å². The lowest BCUT2D eigenvalue weighted by Gasteiger charge is -2.26. The molecular weight excluding hydrogens is 206 g/mol. The summed E-state index contributed by atoms with van der Waals surface area (Å²) in [4.78, 5) is 1.46. The summed E-state index contributed by atoms with van der Waals surface area (Å²) in [6, 6.07) is 4.93. The van der Waals surface area contributed by atoms with E-state index in [2.05, 4.69) is 22.8 Å². The molecule has 1 aromatic heterocycles. The van der Waals surface area contributed by atoms with Crippen LogP contribution in [0, 0.1) is 0 Å². The molecule has 2 N–H and O–H groups in total. The van der Waals surface area contributed by atoms with Crippen molar-refractivity contribution in [3.05, 3.63) is 22.4 Å². The Morgan fingerprint density at radius 3 is 2.80 bits per heavy atom. The first-order valence-electron chi connectivity index (χ1n) is 5.78. The Morgan fingerprint density at radius 1 is 1.33 bits per heavy atom. The minimum atomic E-state index is -0.0413. The van der Waals surface area contributed by atoms with Gasteiger partial charge in [0.1, 0.15) is 0 Å². The fraction of sp³-hybridized carbons (Fsp3) is 0.667. The molecule has 0 bridgehead atoms. The Bertz CT molecular complexity index is 265. The van der Waals surface area contributed by atoms with Crippen LogP contribution >= 0.6 is 11.3 Å². The minimum absolute atomic E-state index is 0.0413. The molecule has 0 atom stereocenters. The summed E-state index contributed by atoms with van der Waals surface area (Å²) in [7, 11) is 0. The van der Waals surface area contributed by atoms with Crippen LogP contribution in [-0.2, 0) is 6.42 Å². The van der Waals surface area contributed by atoms with E-state index in [4.69, 9.17) is 0 Å². The standard InChI is InChI=1S/C12H19NOS/c14-11-5-3-10(4-6-11)13-8-7-12-2-1-9-15-12/h1-2,9-11,13-14H,3-8H2. The van der Waals surface area contributed by atoms with Crippen molar-refractivity contribution in [3.8, 4) is 0 Å². The molecule has 84 valence electrons. The van der Waals surface area contributed by atoms with Gasteiger partial charge in [0, 0.05) is 17.5 Å². The van der Waals surface area contributed by atoms with E-state index in [1.165, 1.54) is 4.88 Å². The van der Waals surface area contributed by atoms with Gasteiger partial charge in [-0.3, -0.25) is 0 Å². The van der Waals surface area contributed by atoms with Gasteiger partial charge in [0.05, 0.1) is 6.10 Å². The van der Waals surface area contributed by atoms with Crippen molar-refractivity contribution in [2.45, 2.75) is 44.2 Å². The van der Waals surface area contributed by atoms with Crippen LogP contribution in [0.15, 0.2) is 17.5 Å². The van der Waals surface area contributed by atoms with Crippen LogP contribution in [0.1, 0.15) is 30.6 Å². The summed E-state index contributed by atoms with van der Waals surface area (Å²) in [5, 5.41) is 15.1. The second-order valence-corrected chi connectivity index (χ2v) is 5.32. The zero-order valence-electron chi connectivity index (χ0n) is 8.98. The average Bonchev–Trinajstić information content (AvgIpc) is 2.74. The van der Waals surface area contributed by atoms with Crippen molar-refractivity contribution in [3.63, 3.8) is 0 Å². The lowest BCUT2D eigenvalue weighted by molar-refractivity contribution is 0.117.